The number of thiol groups is 1. The SMILES string of the molecule is Cc1cc(NCc2ccccc2S)nc(Oc2cccnc2)c1. The molecular weight excluding hydrogens is 306 g/mol. The van der Waals surface area contributed by atoms with Crippen LogP contribution in [0, 0.1) is 6.92 Å². The highest BCUT2D eigenvalue weighted by Crippen LogP contribution is 2.22. The number of hydrogen-bond acceptors (Lipinski definition) is 5. The number of aryl methyl sites for hydroxylation is 1. The number of hydrogen-bond donors (Lipinski definition) is 2. The average Bonchev–Trinajstić information content (AvgIpc) is 2.54. The topological polar surface area (TPSA) is 47.0 Å². The molecule has 3 rings (SSSR count). The van der Waals surface area contributed by atoms with Crippen LogP contribution in [0.2, 0.25) is 0 Å². The van der Waals surface area contributed by atoms with Crippen LogP contribution in [0.4, 0.5) is 5.82 Å². The quantitative estimate of drug-likeness (QED) is 0.680. The van der Waals surface area contributed by atoms with E-state index in [0.29, 0.717) is 18.2 Å². The summed E-state index contributed by atoms with van der Waals surface area (Å²) in [6.07, 6.45) is 3.37. The van der Waals surface area contributed by atoms with Crippen molar-refractivity contribution in [2.75, 3.05) is 5.32 Å². The predicted octanol–water partition coefficient (Wildman–Crippen LogP) is 4.48. The fourth-order valence-corrected chi connectivity index (χ4v) is 2.39. The van der Waals surface area contributed by atoms with Crippen molar-refractivity contribution in [3.05, 3.63) is 72.1 Å². The van der Waals surface area contributed by atoms with E-state index in [1.165, 1.54) is 0 Å². The summed E-state index contributed by atoms with van der Waals surface area (Å²) in [5.41, 5.74) is 2.19. The number of pyridine rings is 2. The van der Waals surface area contributed by atoms with Crippen LogP contribution in [0.3, 0.4) is 0 Å². The highest BCUT2D eigenvalue weighted by Gasteiger charge is 2.04. The van der Waals surface area contributed by atoms with E-state index in [1.54, 1.807) is 12.4 Å². The molecule has 0 aliphatic carbocycles. The Kier molecular flexibility index (Phi) is 4.78. The van der Waals surface area contributed by atoms with Crippen molar-refractivity contribution < 1.29 is 4.74 Å². The number of aromatic nitrogens is 2. The molecule has 0 amide bonds. The fraction of sp³-hybridized carbons (Fsp3) is 0.111. The van der Waals surface area contributed by atoms with Gasteiger partial charge in [-0.15, -0.1) is 12.6 Å². The Morgan fingerprint density at radius 2 is 2.00 bits per heavy atom. The van der Waals surface area contributed by atoms with E-state index >= 15 is 0 Å². The number of nitrogens with one attached hydrogen (secondary N) is 1. The Bertz CT molecular complexity index is 793. The van der Waals surface area contributed by atoms with Gasteiger partial charge in [-0.3, -0.25) is 4.98 Å². The number of rotatable bonds is 5. The van der Waals surface area contributed by atoms with Gasteiger partial charge in [0.05, 0.1) is 6.20 Å². The maximum Gasteiger partial charge on any atom is 0.221 e. The lowest BCUT2D eigenvalue weighted by molar-refractivity contribution is 0.461. The molecule has 2 aromatic heterocycles. The van der Waals surface area contributed by atoms with Gasteiger partial charge in [0.15, 0.2) is 0 Å². The van der Waals surface area contributed by atoms with Gasteiger partial charge in [-0.25, -0.2) is 0 Å². The maximum atomic E-state index is 5.75. The minimum absolute atomic E-state index is 0.541. The summed E-state index contributed by atoms with van der Waals surface area (Å²) in [4.78, 5) is 9.48. The van der Waals surface area contributed by atoms with E-state index in [9.17, 15) is 0 Å². The molecule has 1 aromatic carbocycles. The van der Waals surface area contributed by atoms with Gasteiger partial charge in [0, 0.05) is 23.7 Å². The molecule has 0 bridgehead atoms. The molecule has 4 nitrogen and oxygen atoms in total. The van der Waals surface area contributed by atoms with Gasteiger partial charge in [0.1, 0.15) is 11.6 Å². The van der Waals surface area contributed by atoms with E-state index in [2.05, 4.69) is 27.9 Å². The fourth-order valence-electron chi connectivity index (χ4n) is 2.15. The number of anilines is 1. The van der Waals surface area contributed by atoms with Gasteiger partial charge in [-0.05, 0) is 42.3 Å². The monoisotopic (exact) mass is 323 g/mol. The van der Waals surface area contributed by atoms with Crippen molar-refractivity contribution in [2.24, 2.45) is 0 Å². The van der Waals surface area contributed by atoms with Crippen LogP contribution < -0.4 is 10.1 Å². The van der Waals surface area contributed by atoms with Crippen LogP contribution in [0.15, 0.2) is 65.8 Å². The molecule has 0 saturated carbocycles. The van der Waals surface area contributed by atoms with Crippen LogP contribution in [-0.4, -0.2) is 9.97 Å². The molecule has 5 heteroatoms. The van der Waals surface area contributed by atoms with Crippen molar-refractivity contribution in [3.63, 3.8) is 0 Å². The highest BCUT2D eigenvalue weighted by molar-refractivity contribution is 7.80. The van der Waals surface area contributed by atoms with E-state index < -0.39 is 0 Å². The zero-order valence-corrected chi connectivity index (χ0v) is 13.6. The Morgan fingerprint density at radius 3 is 2.78 bits per heavy atom. The standard InChI is InChI=1S/C18H17N3OS/c1-13-9-17(20-11-14-5-2-3-7-16(14)23)21-18(10-13)22-15-6-4-8-19-12-15/h2-10,12,23H,11H2,1H3,(H,20,21). The van der Waals surface area contributed by atoms with Crippen molar-refractivity contribution >= 4 is 18.4 Å². The van der Waals surface area contributed by atoms with Gasteiger partial charge in [0.25, 0.3) is 0 Å². The average molecular weight is 323 g/mol. The molecule has 2 heterocycles. The molecule has 0 fully saturated rings. The normalized spacial score (nSPS) is 10.3. The zero-order valence-electron chi connectivity index (χ0n) is 12.7. The first kappa shape index (κ1) is 15.4. The predicted molar refractivity (Wildman–Crippen MR) is 94.3 cm³/mol. The van der Waals surface area contributed by atoms with Crippen molar-refractivity contribution in [1.29, 1.82) is 0 Å². The Balaban J connectivity index is 1.74. The number of ether oxygens (including phenoxy) is 1. The molecule has 116 valence electrons. The molecule has 0 radical (unpaired) electrons. The first-order valence-corrected chi connectivity index (χ1v) is 7.73. The molecule has 0 aliphatic rings. The summed E-state index contributed by atoms with van der Waals surface area (Å²) in [5.74, 6) is 1.97. The molecule has 23 heavy (non-hydrogen) atoms. The lowest BCUT2D eigenvalue weighted by Crippen LogP contribution is -2.03. The van der Waals surface area contributed by atoms with Gasteiger partial charge in [-0.2, -0.15) is 4.98 Å². The molecule has 0 atom stereocenters. The minimum atomic E-state index is 0.541. The molecule has 0 aliphatic heterocycles. The lowest BCUT2D eigenvalue weighted by atomic mass is 10.2. The van der Waals surface area contributed by atoms with Crippen molar-refractivity contribution in [1.82, 2.24) is 9.97 Å². The Labute approximate surface area is 141 Å². The van der Waals surface area contributed by atoms with E-state index in [1.807, 2.05) is 55.5 Å². The highest BCUT2D eigenvalue weighted by atomic mass is 32.1. The van der Waals surface area contributed by atoms with Crippen LogP contribution >= 0.6 is 12.6 Å². The Hall–Kier alpha value is -2.53. The number of benzene rings is 1. The summed E-state index contributed by atoms with van der Waals surface area (Å²) >= 11 is 4.46. The molecule has 0 spiro atoms. The second kappa shape index (κ2) is 7.15. The second-order valence-electron chi connectivity index (χ2n) is 5.14. The summed E-state index contributed by atoms with van der Waals surface area (Å²) in [6.45, 7) is 2.66. The third-order valence-corrected chi connectivity index (χ3v) is 3.69. The van der Waals surface area contributed by atoms with E-state index in [4.69, 9.17) is 4.74 Å². The summed E-state index contributed by atoms with van der Waals surface area (Å²) in [7, 11) is 0. The molecule has 0 unspecified atom stereocenters. The van der Waals surface area contributed by atoms with Crippen molar-refractivity contribution in [2.45, 2.75) is 18.4 Å². The smallest absolute Gasteiger partial charge is 0.221 e. The summed E-state index contributed by atoms with van der Waals surface area (Å²) in [6, 6.07) is 15.5. The second-order valence-corrected chi connectivity index (χ2v) is 5.62. The molecule has 0 saturated heterocycles. The first-order valence-electron chi connectivity index (χ1n) is 7.28. The van der Waals surface area contributed by atoms with Gasteiger partial charge in [-0.1, -0.05) is 18.2 Å². The van der Waals surface area contributed by atoms with Crippen molar-refractivity contribution in [3.8, 4) is 11.6 Å². The van der Waals surface area contributed by atoms with Crippen LogP contribution in [-0.2, 0) is 6.54 Å². The van der Waals surface area contributed by atoms with Crippen LogP contribution in [0.5, 0.6) is 11.6 Å². The largest absolute Gasteiger partial charge is 0.437 e. The van der Waals surface area contributed by atoms with Crippen LogP contribution in [0.1, 0.15) is 11.1 Å². The third-order valence-electron chi connectivity index (χ3n) is 3.25. The first-order chi connectivity index (χ1) is 11.2. The maximum absolute atomic E-state index is 5.75. The van der Waals surface area contributed by atoms with E-state index in [0.717, 1.165) is 21.8 Å². The van der Waals surface area contributed by atoms with Crippen LogP contribution in [0.25, 0.3) is 0 Å². The number of nitrogens with zero attached hydrogens (tertiary/aromatic N) is 2. The Morgan fingerprint density at radius 1 is 1.13 bits per heavy atom. The minimum Gasteiger partial charge on any atom is -0.437 e. The van der Waals surface area contributed by atoms with Gasteiger partial charge in [0.2, 0.25) is 5.88 Å². The summed E-state index contributed by atoms with van der Waals surface area (Å²) < 4.78 is 5.75. The lowest BCUT2D eigenvalue weighted by Gasteiger charge is -2.11. The summed E-state index contributed by atoms with van der Waals surface area (Å²) in [5, 5.41) is 3.31. The van der Waals surface area contributed by atoms with E-state index in [-0.39, 0.29) is 0 Å². The third kappa shape index (κ3) is 4.23. The molecule has 3 aromatic rings. The molecular formula is C18H17N3OS. The van der Waals surface area contributed by atoms with Gasteiger partial charge < -0.3 is 10.1 Å². The zero-order chi connectivity index (χ0) is 16.1. The molecule has 1 N–H and O–H groups in total. The van der Waals surface area contributed by atoms with Gasteiger partial charge >= 0.3 is 0 Å².